The Bertz CT molecular complexity index is 531. The lowest BCUT2D eigenvalue weighted by Gasteiger charge is -2.09. The maximum atomic E-state index is 12.9. The highest BCUT2D eigenvalue weighted by atomic mass is 19.1. The summed E-state index contributed by atoms with van der Waals surface area (Å²) in [4.78, 5) is 34.2. The van der Waals surface area contributed by atoms with Crippen LogP contribution in [0.4, 0.5) is 4.39 Å². The lowest BCUT2D eigenvalue weighted by atomic mass is 10.2. The Morgan fingerprint density at radius 3 is 2.57 bits per heavy atom. The quantitative estimate of drug-likeness (QED) is 0.754. The molecule has 7 heteroatoms. The van der Waals surface area contributed by atoms with Crippen LogP contribution in [-0.2, 0) is 14.3 Å². The van der Waals surface area contributed by atoms with Crippen molar-refractivity contribution < 1.29 is 23.5 Å². The molecule has 0 spiro atoms. The molecule has 0 fully saturated rings. The fraction of sp³-hybridized carbons (Fsp3) is 0.357. The van der Waals surface area contributed by atoms with Gasteiger partial charge in [-0.2, -0.15) is 0 Å². The first-order valence-electron chi connectivity index (χ1n) is 6.37. The van der Waals surface area contributed by atoms with Crippen LogP contribution in [0.3, 0.4) is 0 Å². The van der Waals surface area contributed by atoms with E-state index in [-0.39, 0.29) is 24.1 Å². The van der Waals surface area contributed by atoms with Gasteiger partial charge >= 0.3 is 5.97 Å². The van der Waals surface area contributed by atoms with Gasteiger partial charge in [-0.05, 0) is 32.0 Å². The van der Waals surface area contributed by atoms with Crippen LogP contribution >= 0.6 is 0 Å². The molecule has 2 amide bonds. The van der Waals surface area contributed by atoms with E-state index in [2.05, 4.69) is 10.6 Å². The van der Waals surface area contributed by atoms with E-state index >= 15 is 0 Å². The molecule has 0 aliphatic heterocycles. The Morgan fingerprint density at radius 1 is 1.24 bits per heavy atom. The SMILES string of the molecule is CC(C)NC(=O)CNC(=O)COC(=O)c1cccc(F)c1. The lowest BCUT2D eigenvalue weighted by molar-refractivity contribution is -0.128. The third-order valence-electron chi connectivity index (χ3n) is 2.29. The van der Waals surface area contributed by atoms with Crippen molar-refractivity contribution >= 4 is 17.8 Å². The molecular formula is C14H17FN2O4. The molecule has 0 bridgehead atoms. The maximum Gasteiger partial charge on any atom is 0.338 e. The average molecular weight is 296 g/mol. The minimum Gasteiger partial charge on any atom is -0.452 e. The predicted molar refractivity (Wildman–Crippen MR) is 73.0 cm³/mol. The average Bonchev–Trinajstić information content (AvgIpc) is 2.41. The number of hydrogen-bond acceptors (Lipinski definition) is 4. The van der Waals surface area contributed by atoms with E-state index in [0.29, 0.717) is 0 Å². The molecule has 6 nitrogen and oxygen atoms in total. The fourth-order valence-corrected chi connectivity index (χ4v) is 1.43. The molecule has 1 aromatic rings. The number of halogens is 1. The van der Waals surface area contributed by atoms with Crippen LogP contribution in [0.15, 0.2) is 24.3 Å². The normalized spacial score (nSPS) is 10.1. The zero-order chi connectivity index (χ0) is 15.8. The van der Waals surface area contributed by atoms with Crippen LogP contribution < -0.4 is 10.6 Å². The molecule has 1 rings (SSSR count). The summed E-state index contributed by atoms with van der Waals surface area (Å²) in [6.07, 6.45) is 0. The molecule has 2 N–H and O–H groups in total. The van der Waals surface area contributed by atoms with Gasteiger partial charge in [-0.3, -0.25) is 9.59 Å². The van der Waals surface area contributed by atoms with Gasteiger partial charge in [-0.1, -0.05) is 6.07 Å². The van der Waals surface area contributed by atoms with Gasteiger partial charge < -0.3 is 15.4 Å². The Labute approximate surface area is 121 Å². The number of carbonyl (C=O) groups is 3. The van der Waals surface area contributed by atoms with Crippen LogP contribution in [-0.4, -0.2) is 37.0 Å². The van der Waals surface area contributed by atoms with Gasteiger partial charge in [-0.25, -0.2) is 9.18 Å². The number of ether oxygens (including phenoxy) is 1. The van der Waals surface area contributed by atoms with E-state index in [9.17, 15) is 18.8 Å². The number of esters is 1. The molecule has 1 aromatic carbocycles. The molecule has 114 valence electrons. The van der Waals surface area contributed by atoms with Crippen molar-refractivity contribution in [2.75, 3.05) is 13.2 Å². The number of benzene rings is 1. The number of hydrogen-bond donors (Lipinski definition) is 2. The van der Waals surface area contributed by atoms with E-state index in [1.54, 1.807) is 13.8 Å². The third-order valence-corrected chi connectivity index (χ3v) is 2.29. The molecule has 0 heterocycles. The van der Waals surface area contributed by atoms with Gasteiger partial charge in [-0.15, -0.1) is 0 Å². The monoisotopic (exact) mass is 296 g/mol. The summed E-state index contributed by atoms with van der Waals surface area (Å²) in [5.74, 6) is -2.33. The zero-order valence-electron chi connectivity index (χ0n) is 11.8. The highest BCUT2D eigenvalue weighted by molar-refractivity contribution is 5.92. The first-order valence-corrected chi connectivity index (χ1v) is 6.37. The highest BCUT2D eigenvalue weighted by Gasteiger charge is 2.11. The minimum absolute atomic E-state index is 0.0142. The Hall–Kier alpha value is -2.44. The van der Waals surface area contributed by atoms with Crippen LogP contribution in [0.1, 0.15) is 24.2 Å². The van der Waals surface area contributed by atoms with E-state index in [0.717, 1.165) is 6.07 Å². The van der Waals surface area contributed by atoms with Crippen molar-refractivity contribution in [2.24, 2.45) is 0 Å². The first-order chi connectivity index (χ1) is 9.88. The van der Waals surface area contributed by atoms with E-state index < -0.39 is 24.3 Å². The van der Waals surface area contributed by atoms with Crippen LogP contribution in [0, 0.1) is 5.82 Å². The number of amides is 2. The molecule has 0 saturated carbocycles. The second-order valence-corrected chi connectivity index (χ2v) is 4.59. The van der Waals surface area contributed by atoms with Crippen LogP contribution in [0.2, 0.25) is 0 Å². The minimum atomic E-state index is -0.809. The maximum absolute atomic E-state index is 12.9. The molecule has 0 atom stereocenters. The molecule has 0 radical (unpaired) electrons. The second kappa shape index (κ2) is 7.98. The van der Waals surface area contributed by atoms with Gasteiger partial charge in [0.1, 0.15) is 5.82 Å². The van der Waals surface area contributed by atoms with Crippen molar-refractivity contribution in [1.82, 2.24) is 10.6 Å². The Kier molecular flexibility index (Phi) is 6.32. The van der Waals surface area contributed by atoms with Crippen LogP contribution in [0.5, 0.6) is 0 Å². The lowest BCUT2D eigenvalue weighted by Crippen LogP contribution is -2.41. The Morgan fingerprint density at radius 2 is 1.95 bits per heavy atom. The summed E-state index contributed by atoms with van der Waals surface area (Å²) >= 11 is 0. The highest BCUT2D eigenvalue weighted by Crippen LogP contribution is 2.04. The van der Waals surface area contributed by atoms with Gasteiger partial charge in [0, 0.05) is 6.04 Å². The van der Waals surface area contributed by atoms with Gasteiger partial charge in [0.05, 0.1) is 12.1 Å². The van der Waals surface area contributed by atoms with Gasteiger partial charge in [0.2, 0.25) is 5.91 Å². The van der Waals surface area contributed by atoms with Crippen molar-refractivity contribution in [1.29, 1.82) is 0 Å². The Balaban J connectivity index is 2.33. The van der Waals surface area contributed by atoms with Gasteiger partial charge in [0.25, 0.3) is 5.91 Å². The van der Waals surface area contributed by atoms with Gasteiger partial charge in [0.15, 0.2) is 6.61 Å². The zero-order valence-corrected chi connectivity index (χ0v) is 11.8. The first kappa shape index (κ1) is 16.6. The topological polar surface area (TPSA) is 84.5 Å². The summed E-state index contributed by atoms with van der Waals surface area (Å²) in [5, 5.41) is 4.90. The second-order valence-electron chi connectivity index (χ2n) is 4.59. The number of carbonyl (C=O) groups excluding carboxylic acids is 3. The van der Waals surface area contributed by atoms with E-state index in [4.69, 9.17) is 4.74 Å². The fourth-order valence-electron chi connectivity index (χ4n) is 1.43. The molecule has 0 aliphatic rings. The predicted octanol–water partition coefficient (Wildman–Crippen LogP) is 0.623. The largest absolute Gasteiger partial charge is 0.452 e. The smallest absolute Gasteiger partial charge is 0.338 e. The summed E-state index contributed by atoms with van der Waals surface area (Å²) in [5.41, 5.74) is 0.0142. The summed E-state index contributed by atoms with van der Waals surface area (Å²) in [7, 11) is 0. The number of rotatable bonds is 6. The molecule has 0 saturated heterocycles. The van der Waals surface area contributed by atoms with Crippen molar-refractivity contribution in [2.45, 2.75) is 19.9 Å². The third kappa shape index (κ3) is 6.51. The molecule has 21 heavy (non-hydrogen) atoms. The van der Waals surface area contributed by atoms with Crippen molar-refractivity contribution in [3.05, 3.63) is 35.6 Å². The van der Waals surface area contributed by atoms with Crippen LogP contribution in [0.25, 0.3) is 0 Å². The summed E-state index contributed by atoms with van der Waals surface area (Å²) < 4.78 is 17.6. The molecule has 0 aliphatic carbocycles. The molecule has 0 aromatic heterocycles. The van der Waals surface area contributed by atoms with Crippen molar-refractivity contribution in [3.8, 4) is 0 Å². The van der Waals surface area contributed by atoms with E-state index in [1.165, 1.54) is 18.2 Å². The molecular weight excluding hydrogens is 279 g/mol. The standard InChI is InChI=1S/C14H17FN2O4/c1-9(2)17-12(18)7-16-13(19)8-21-14(20)10-4-3-5-11(15)6-10/h3-6,9H,7-8H2,1-2H3,(H,16,19)(H,17,18). The molecule has 0 unspecified atom stereocenters. The summed E-state index contributed by atoms with van der Waals surface area (Å²) in [6, 6.07) is 4.91. The number of nitrogens with one attached hydrogen (secondary N) is 2. The summed E-state index contributed by atoms with van der Waals surface area (Å²) in [6.45, 7) is 2.85. The van der Waals surface area contributed by atoms with E-state index in [1.807, 2.05) is 0 Å². The van der Waals surface area contributed by atoms with Crippen molar-refractivity contribution in [3.63, 3.8) is 0 Å².